The average molecular weight is 432 g/mol. The molecule has 0 unspecified atom stereocenters. The summed E-state index contributed by atoms with van der Waals surface area (Å²) in [4.78, 5) is 38.6. The van der Waals surface area contributed by atoms with E-state index in [4.69, 9.17) is 9.97 Å². The Morgan fingerprint density at radius 1 is 0.818 bits per heavy atom. The Labute approximate surface area is 190 Å². The molecule has 0 fully saturated rings. The zero-order valence-electron chi connectivity index (χ0n) is 18.2. The van der Waals surface area contributed by atoms with E-state index in [1.54, 1.807) is 26.0 Å². The number of imidazole rings is 1. The van der Waals surface area contributed by atoms with Gasteiger partial charge in [0.25, 0.3) is 5.91 Å². The molecule has 0 bridgehead atoms. The number of benzene rings is 3. The Kier molecular flexibility index (Phi) is 4.01. The summed E-state index contributed by atoms with van der Waals surface area (Å²) in [5.41, 5.74) is 2.79. The van der Waals surface area contributed by atoms with Crippen LogP contribution in [-0.4, -0.2) is 31.6 Å². The summed E-state index contributed by atoms with van der Waals surface area (Å²) in [5.74, 6) is 0.545. The second-order valence-corrected chi connectivity index (χ2v) is 8.65. The van der Waals surface area contributed by atoms with Crippen molar-refractivity contribution in [1.82, 2.24) is 14.4 Å². The predicted molar refractivity (Wildman–Crippen MR) is 128 cm³/mol. The number of carbonyl (C=O) groups excluding carboxylic acids is 2. The second-order valence-electron chi connectivity index (χ2n) is 8.65. The Morgan fingerprint density at radius 2 is 1.45 bits per heavy atom. The molecule has 0 spiro atoms. The summed E-state index contributed by atoms with van der Waals surface area (Å²) in [5, 5.41) is 0. The number of hydrogen-bond acceptors (Lipinski definition) is 4. The van der Waals surface area contributed by atoms with Gasteiger partial charge in [0.15, 0.2) is 17.2 Å². The molecule has 1 aliphatic heterocycles. The summed E-state index contributed by atoms with van der Waals surface area (Å²) in [6, 6.07) is 26.5. The largest absolute Gasteiger partial charge is 0.291 e. The third-order valence-electron chi connectivity index (χ3n) is 6.24. The first kappa shape index (κ1) is 19.4. The number of amides is 1. The molecule has 6 rings (SSSR count). The maximum absolute atomic E-state index is 13.7. The van der Waals surface area contributed by atoms with Crippen molar-refractivity contribution < 1.29 is 9.59 Å². The van der Waals surface area contributed by atoms with Gasteiger partial charge in [-0.3, -0.25) is 18.9 Å². The Bertz CT molecular complexity index is 1570. The molecule has 3 heterocycles. The van der Waals surface area contributed by atoms with Gasteiger partial charge in [0.1, 0.15) is 16.9 Å². The van der Waals surface area contributed by atoms with Crippen molar-refractivity contribution in [1.29, 1.82) is 0 Å². The van der Waals surface area contributed by atoms with E-state index in [9.17, 15) is 9.59 Å². The maximum Gasteiger partial charge on any atom is 0.260 e. The number of para-hydroxylation sites is 2. The zero-order chi connectivity index (χ0) is 22.7. The molecule has 0 saturated heterocycles. The van der Waals surface area contributed by atoms with Crippen LogP contribution < -0.4 is 4.90 Å². The normalized spacial score (nSPS) is 14.7. The summed E-state index contributed by atoms with van der Waals surface area (Å²) in [6.07, 6.45) is 0. The van der Waals surface area contributed by atoms with E-state index in [1.807, 2.05) is 77.2 Å². The number of Topliss-reactive ketones (excluding diaryl/α,β-unsaturated/α-hetero) is 1. The SMILES string of the molecule is CC1(C)C(=O)c2c(nc(-c3ccccc3)n3c2nc2ccccc23)N1C(=O)c1ccccc1. The van der Waals surface area contributed by atoms with Gasteiger partial charge in [0.2, 0.25) is 0 Å². The third kappa shape index (κ3) is 2.67. The van der Waals surface area contributed by atoms with Gasteiger partial charge < -0.3 is 0 Å². The van der Waals surface area contributed by atoms with Crippen LogP contribution in [0.1, 0.15) is 34.6 Å². The lowest BCUT2D eigenvalue weighted by Gasteiger charge is -2.29. The molecule has 0 radical (unpaired) electrons. The first-order valence-electron chi connectivity index (χ1n) is 10.8. The number of anilines is 1. The summed E-state index contributed by atoms with van der Waals surface area (Å²) in [7, 11) is 0. The number of aromatic nitrogens is 3. The molecule has 3 aromatic carbocycles. The fourth-order valence-electron chi connectivity index (χ4n) is 4.59. The molecule has 5 aromatic rings. The molecule has 6 heteroatoms. The molecule has 0 saturated carbocycles. The van der Waals surface area contributed by atoms with Gasteiger partial charge in [-0.15, -0.1) is 0 Å². The van der Waals surface area contributed by atoms with Crippen LogP contribution in [0.15, 0.2) is 84.9 Å². The lowest BCUT2D eigenvalue weighted by molar-refractivity contribution is 0.0868. The van der Waals surface area contributed by atoms with Crippen molar-refractivity contribution in [3.63, 3.8) is 0 Å². The highest BCUT2D eigenvalue weighted by Gasteiger charge is 2.50. The number of ketones is 1. The van der Waals surface area contributed by atoms with Crippen LogP contribution in [0.2, 0.25) is 0 Å². The second kappa shape index (κ2) is 6.84. The lowest BCUT2D eigenvalue weighted by atomic mass is 9.97. The van der Waals surface area contributed by atoms with E-state index in [2.05, 4.69) is 0 Å². The van der Waals surface area contributed by atoms with Crippen LogP contribution in [-0.2, 0) is 0 Å². The minimum atomic E-state index is -1.10. The molecule has 6 nitrogen and oxygen atoms in total. The van der Waals surface area contributed by atoms with Crippen LogP contribution in [0.4, 0.5) is 5.82 Å². The van der Waals surface area contributed by atoms with Crippen molar-refractivity contribution >= 4 is 34.2 Å². The van der Waals surface area contributed by atoms with E-state index < -0.39 is 5.54 Å². The highest BCUT2D eigenvalue weighted by molar-refractivity contribution is 6.25. The van der Waals surface area contributed by atoms with Gasteiger partial charge in [0, 0.05) is 11.1 Å². The van der Waals surface area contributed by atoms with Gasteiger partial charge >= 0.3 is 0 Å². The highest BCUT2D eigenvalue weighted by atomic mass is 16.2. The van der Waals surface area contributed by atoms with Crippen molar-refractivity contribution in [2.75, 3.05) is 4.90 Å². The van der Waals surface area contributed by atoms with Crippen LogP contribution >= 0.6 is 0 Å². The molecular formula is C27H20N4O2. The molecule has 0 aliphatic carbocycles. The van der Waals surface area contributed by atoms with E-state index in [1.165, 1.54) is 4.90 Å². The molecule has 1 amide bonds. The van der Waals surface area contributed by atoms with E-state index in [0.717, 1.165) is 16.6 Å². The van der Waals surface area contributed by atoms with E-state index in [-0.39, 0.29) is 11.7 Å². The predicted octanol–water partition coefficient (Wildman–Crippen LogP) is 5.17. The molecule has 2 aromatic heterocycles. The third-order valence-corrected chi connectivity index (χ3v) is 6.24. The van der Waals surface area contributed by atoms with Crippen LogP contribution in [0.5, 0.6) is 0 Å². The monoisotopic (exact) mass is 432 g/mol. The number of carbonyl (C=O) groups is 2. The molecule has 160 valence electrons. The quantitative estimate of drug-likeness (QED) is 0.386. The van der Waals surface area contributed by atoms with Gasteiger partial charge in [-0.2, -0.15) is 0 Å². The standard InChI is InChI=1S/C27H20N4O2/c1-27(2)22(32)21-24-28-19-15-9-10-16-20(19)30(24)23(17-11-5-3-6-12-17)29-25(21)31(27)26(33)18-13-7-4-8-14-18/h3-16H,1-2H3. The smallest absolute Gasteiger partial charge is 0.260 e. The van der Waals surface area contributed by atoms with Crippen molar-refractivity contribution in [3.05, 3.63) is 96.1 Å². The van der Waals surface area contributed by atoms with Gasteiger partial charge in [-0.05, 0) is 38.1 Å². The Morgan fingerprint density at radius 3 is 2.18 bits per heavy atom. The summed E-state index contributed by atoms with van der Waals surface area (Å²) in [6.45, 7) is 3.53. The van der Waals surface area contributed by atoms with Crippen molar-refractivity contribution in [2.24, 2.45) is 0 Å². The van der Waals surface area contributed by atoms with Crippen LogP contribution in [0.3, 0.4) is 0 Å². The number of nitrogens with zero attached hydrogens (tertiary/aromatic N) is 4. The van der Waals surface area contributed by atoms with Crippen molar-refractivity contribution in [3.8, 4) is 11.4 Å². The van der Waals surface area contributed by atoms with E-state index in [0.29, 0.717) is 28.4 Å². The lowest BCUT2D eigenvalue weighted by Crippen LogP contribution is -2.48. The minimum Gasteiger partial charge on any atom is -0.291 e. The maximum atomic E-state index is 13.7. The molecule has 0 N–H and O–H groups in total. The molecule has 33 heavy (non-hydrogen) atoms. The first-order valence-corrected chi connectivity index (χ1v) is 10.8. The zero-order valence-corrected chi connectivity index (χ0v) is 18.2. The average Bonchev–Trinajstić information content (AvgIpc) is 3.32. The Balaban J connectivity index is 1.72. The van der Waals surface area contributed by atoms with Gasteiger partial charge in [-0.1, -0.05) is 60.7 Å². The van der Waals surface area contributed by atoms with E-state index >= 15 is 0 Å². The van der Waals surface area contributed by atoms with Crippen LogP contribution in [0, 0.1) is 0 Å². The fourth-order valence-corrected chi connectivity index (χ4v) is 4.59. The van der Waals surface area contributed by atoms with Crippen molar-refractivity contribution in [2.45, 2.75) is 19.4 Å². The topological polar surface area (TPSA) is 67.6 Å². The molecule has 0 atom stereocenters. The number of fused-ring (bicyclic) bond motifs is 5. The van der Waals surface area contributed by atoms with Gasteiger partial charge in [-0.25, -0.2) is 9.97 Å². The number of rotatable bonds is 2. The Hall–Kier alpha value is -4.32. The molecule has 1 aliphatic rings. The fraction of sp³-hybridized carbons (Fsp3) is 0.111. The summed E-state index contributed by atoms with van der Waals surface area (Å²) < 4.78 is 1.92. The summed E-state index contributed by atoms with van der Waals surface area (Å²) >= 11 is 0. The first-order chi connectivity index (χ1) is 16.0. The minimum absolute atomic E-state index is 0.172. The van der Waals surface area contributed by atoms with Gasteiger partial charge in [0.05, 0.1) is 11.0 Å². The number of hydrogen-bond donors (Lipinski definition) is 0. The highest BCUT2D eigenvalue weighted by Crippen LogP contribution is 2.42. The van der Waals surface area contributed by atoms with Crippen LogP contribution in [0.25, 0.3) is 28.1 Å². The molecular weight excluding hydrogens is 412 g/mol.